The van der Waals surface area contributed by atoms with Gasteiger partial charge in [-0.2, -0.15) is 0 Å². The number of benzene rings is 1. The summed E-state index contributed by atoms with van der Waals surface area (Å²) in [5, 5.41) is 10.4. The van der Waals surface area contributed by atoms with Crippen molar-refractivity contribution in [3.05, 3.63) is 42.0 Å². The number of hydrogen-bond donors (Lipinski definition) is 1. The molecule has 1 aromatic carbocycles. The van der Waals surface area contributed by atoms with Crippen LogP contribution < -0.4 is 0 Å². The fraction of sp³-hybridized carbons (Fsp3) is 0.591. The smallest absolute Gasteiger partial charge is 0.335 e. The molecule has 3 nitrogen and oxygen atoms in total. The van der Waals surface area contributed by atoms with Crippen molar-refractivity contribution in [1.29, 1.82) is 0 Å². The van der Waals surface area contributed by atoms with E-state index in [1.165, 1.54) is 6.42 Å². The summed E-state index contributed by atoms with van der Waals surface area (Å²) in [6.07, 6.45) is 4.23. The van der Waals surface area contributed by atoms with E-state index >= 15 is 0 Å². The first-order chi connectivity index (χ1) is 11.9. The zero-order valence-electron chi connectivity index (χ0n) is 15.9. The molecule has 138 valence electrons. The number of rotatable bonds is 6. The molecule has 1 fully saturated rings. The molecule has 0 heterocycles. The van der Waals surface area contributed by atoms with Crippen LogP contribution in [0.2, 0.25) is 0 Å². The van der Waals surface area contributed by atoms with E-state index in [-0.39, 0.29) is 12.5 Å². The zero-order valence-corrected chi connectivity index (χ0v) is 15.9. The number of aliphatic hydroxyl groups is 1. The lowest BCUT2D eigenvalue weighted by Gasteiger charge is -2.37. The van der Waals surface area contributed by atoms with Gasteiger partial charge in [0.05, 0.1) is 0 Å². The molecule has 1 N–H and O–H groups in total. The number of aliphatic hydroxyl groups excluding tert-OH is 1. The minimum atomic E-state index is -1.11. The normalized spacial score (nSPS) is 25.7. The van der Waals surface area contributed by atoms with Crippen molar-refractivity contribution >= 4 is 11.5 Å². The Morgan fingerprint density at radius 2 is 1.96 bits per heavy atom. The second-order valence-corrected chi connectivity index (χ2v) is 7.70. The predicted molar refractivity (Wildman–Crippen MR) is 102 cm³/mol. The van der Waals surface area contributed by atoms with Crippen molar-refractivity contribution in [1.82, 2.24) is 0 Å². The van der Waals surface area contributed by atoms with Crippen LogP contribution in [0.5, 0.6) is 0 Å². The maximum atomic E-state index is 12.5. The van der Waals surface area contributed by atoms with Crippen LogP contribution in [0.4, 0.5) is 0 Å². The van der Waals surface area contributed by atoms with Crippen LogP contribution in [-0.2, 0) is 9.53 Å². The Morgan fingerprint density at radius 3 is 2.56 bits per heavy atom. The first-order valence-corrected chi connectivity index (χ1v) is 9.51. The molecule has 0 bridgehead atoms. The third kappa shape index (κ3) is 5.43. The SMILES string of the molecule is C/C=C(/C[C@@H](O)C(=O)O[C@@H]1C[C@H](C)CC[C@H]1C(C)C)c1ccccc1. The summed E-state index contributed by atoms with van der Waals surface area (Å²) in [7, 11) is 0. The van der Waals surface area contributed by atoms with Gasteiger partial charge in [-0.25, -0.2) is 4.79 Å². The second kappa shape index (κ2) is 9.19. The van der Waals surface area contributed by atoms with Crippen LogP contribution in [-0.4, -0.2) is 23.3 Å². The van der Waals surface area contributed by atoms with Gasteiger partial charge >= 0.3 is 5.97 Å². The van der Waals surface area contributed by atoms with Crippen molar-refractivity contribution in [3.63, 3.8) is 0 Å². The molecule has 0 spiro atoms. The maximum Gasteiger partial charge on any atom is 0.335 e. The van der Waals surface area contributed by atoms with E-state index in [1.54, 1.807) is 0 Å². The first-order valence-electron chi connectivity index (χ1n) is 9.51. The summed E-state index contributed by atoms with van der Waals surface area (Å²) >= 11 is 0. The van der Waals surface area contributed by atoms with E-state index in [4.69, 9.17) is 4.74 Å². The van der Waals surface area contributed by atoms with Crippen LogP contribution in [0, 0.1) is 17.8 Å². The molecule has 1 aliphatic rings. The molecule has 0 aromatic heterocycles. The minimum Gasteiger partial charge on any atom is -0.460 e. The minimum absolute atomic E-state index is 0.0725. The van der Waals surface area contributed by atoms with Gasteiger partial charge in [0.2, 0.25) is 0 Å². The van der Waals surface area contributed by atoms with E-state index in [9.17, 15) is 9.90 Å². The summed E-state index contributed by atoms with van der Waals surface area (Å²) in [6.45, 7) is 8.51. The van der Waals surface area contributed by atoms with Crippen LogP contribution in [0.3, 0.4) is 0 Å². The van der Waals surface area contributed by atoms with E-state index in [2.05, 4.69) is 20.8 Å². The van der Waals surface area contributed by atoms with Gasteiger partial charge < -0.3 is 9.84 Å². The number of hydrogen-bond acceptors (Lipinski definition) is 3. The molecule has 1 saturated carbocycles. The van der Waals surface area contributed by atoms with Crippen molar-refractivity contribution < 1.29 is 14.6 Å². The predicted octanol–water partition coefficient (Wildman–Crippen LogP) is 4.84. The molecule has 1 aromatic rings. The van der Waals surface area contributed by atoms with Crippen molar-refractivity contribution in [3.8, 4) is 0 Å². The third-order valence-corrected chi connectivity index (χ3v) is 5.41. The van der Waals surface area contributed by atoms with E-state index in [0.717, 1.165) is 24.0 Å². The van der Waals surface area contributed by atoms with Crippen LogP contribution >= 0.6 is 0 Å². The molecule has 3 heteroatoms. The van der Waals surface area contributed by atoms with Crippen molar-refractivity contribution in [2.24, 2.45) is 17.8 Å². The Morgan fingerprint density at radius 1 is 1.28 bits per heavy atom. The lowest BCUT2D eigenvalue weighted by atomic mass is 9.75. The van der Waals surface area contributed by atoms with Crippen LogP contribution in [0.1, 0.15) is 58.9 Å². The first kappa shape index (κ1) is 19.7. The number of carbonyl (C=O) groups is 1. The Labute approximate surface area is 152 Å². The number of ether oxygens (including phenoxy) is 1. The number of carbonyl (C=O) groups excluding carboxylic acids is 1. The highest BCUT2D eigenvalue weighted by Gasteiger charge is 2.34. The largest absolute Gasteiger partial charge is 0.460 e. The molecular weight excluding hydrogens is 312 g/mol. The lowest BCUT2D eigenvalue weighted by Crippen LogP contribution is -2.38. The molecule has 4 atom stereocenters. The molecule has 25 heavy (non-hydrogen) atoms. The zero-order chi connectivity index (χ0) is 18.4. The molecular formula is C22H32O3. The van der Waals surface area contributed by atoms with Gasteiger partial charge in [-0.05, 0) is 48.7 Å². The van der Waals surface area contributed by atoms with Gasteiger partial charge in [-0.3, -0.25) is 0 Å². The fourth-order valence-corrected chi connectivity index (χ4v) is 3.82. The third-order valence-electron chi connectivity index (χ3n) is 5.41. The summed E-state index contributed by atoms with van der Waals surface area (Å²) < 4.78 is 5.76. The van der Waals surface area contributed by atoms with Crippen LogP contribution in [0.25, 0.3) is 5.57 Å². The highest BCUT2D eigenvalue weighted by molar-refractivity contribution is 5.78. The summed E-state index contributed by atoms with van der Waals surface area (Å²) in [5.74, 6) is 0.959. The van der Waals surface area contributed by atoms with Gasteiger partial charge in [0.1, 0.15) is 6.10 Å². The molecule has 0 unspecified atom stereocenters. The molecule has 0 amide bonds. The highest BCUT2D eigenvalue weighted by Crippen LogP contribution is 2.35. The molecule has 0 saturated heterocycles. The van der Waals surface area contributed by atoms with E-state index in [1.807, 2.05) is 43.3 Å². The Hall–Kier alpha value is -1.61. The van der Waals surface area contributed by atoms with Gasteiger partial charge in [0.15, 0.2) is 6.10 Å². The van der Waals surface area contributed by atoms with E-state index in [0.29, 0.717) is 17.8 Å². The lowest BCUT2D eigenvalue weighted by molar-refractivity contribution is -0.165. The summed E-state index contributed by atoms with van der Waals surface area (Å²) in [6, 6.07) is 9.86. The maximum absolute atomic E-state index is 12.5. The quantitative estimate of drug-likeness (QED) is 0.751. The van der Waals surface area contributed by atoms with Crippen molar-refractivity contribution in [2.45, 2.75) is 65.6 Å². The Kier molecular flexibility index (Phi) is 7.24. The van der Waals surface area contributed by atoms with Gasteiger partial charge in [-0.15, -0.1) is 0 Å². The molecule has 1 aliphatic carbocycles. The standard InChI is InChI=1S/C22H32O3/c1-5-17(18-9-7-6-8-10-18)14-20(23)22(24)25-21-13-16(4)11-12-19(21)15(2)3/h5-10,15-16,19-21,23H,11-14H2,1-4H3/b17-5-/t16-,19+,20-,21-/m1/s1. The second-order valence-electron chi connectivity index (χ2n) is 7.70. The van der Waals surface area contributed by atoms with Crippen LogP contribution in [0.15, 0.2) is 36.4 Å². The van der Waals surface area contributed by atoms with E-state index < -0.39 is 12.1 Å². The van der Waals surface area contributed by atoms with Gasteiger partial charge in [0, 0.05) is 6.42 Å². The monoisotopic (exact) mass is 344 g/mol. The number of esters is 1. The fourth-order valence-electron chi connectivity index (χ4n) is 3.82. The Balaban J connectivity index is 1.99. The molecule has 0 radical (unpaired) electrons. The topological polar surface area (TPSA) is 46.5 Å². The molecule has 2 rings (SSSR count). The highest BCUT2D eigenvalue weighted by atomic mass is 16.6. The average molecular weight is 344 g/mol. The van der Waals surface area contributed by atoms with Gasteiger partial charge in [-0.1, -0.05) is 63.6 Å². The number of allylic oxidation sites excluding steroid dienone is 1. The molecule has 0 aliphatic heterocycles. The summed E-state index contributed by atoms with van der Waals surface area (Å²) in [5.41, 5.74) is 1.99. The average Bonchev–Trinajstić information content (AvgIpc) is 2.59. The Bertz CT molecular complexity index is 576. The van der Waals surface area contributed by atoms with Gasteiger partial charge in [0.25, 0.3) is 0 Å². The summed E-state index contributed by atoms with van der Waals surface area (Å²) in [4.78, 5) is 12.5. The van der Waals surface area contributed by atoms with Crippen molar-refractivity contribution in [2.75, 3.05) is 0 Å².